The first-order chi connectivity index (χ1) is 14.7. The molecule has 0 fully saturated rings. The number of hydrogen-bond donors (Lipinski definition) is 2. The Kier molecular flexibility index (Phi) is 3.18. The highest BCUT2D eigenvalue weighted by Crippen LogP contribution is 2.30. The Hall–Kier alpha value is -4.74. The van der Waals surface area contributed by atoms with Gasteiger partial charge in [-0.25, -0.2) is 0 Å². The molecule has 2 aromatic carbocycles. The second-order valence-electron chi connectivity index (χ2n) is 6.54. The first-order valence-electron chi connectivity index (χ1n) is 9.03. The van der Waals surface area contributed by atoms with Crippen molar-refractivity contribution in [2.75, 3.05) is 11.5 Å². The first kappa shape index (κ1) is 16.2. The summed E-state index contributed by atoms with van der Waals surface area (Å²) >= 11 is 0. The Morgan fingerprint density at radius 1 is 0.533 bits per heavy atom. The van der Waals surface area contributed by atoms with Crippen molar-refractivity contribution in [1.82, 2.24) is 49.8 Å². The SMILES string of the molecule is Nc1nnc2n(-n3c4nnc(N)c-4nn3-c3ccccc3)n(-c3ccccc3)nc1-2. The van der Waals surface area contributed by atoms with Crippen molar-refractivity contribution in [3.8, 4) is 34.4 Å². The molecule has 0 amide bonds. The summed E-state index contributed by atoms with van der Waals surface area (Å²) < 4.78 is 0. The number of benzene rings is 2. The highest BCUT2D eigenvalue weighted by Gasteiger charge is 2.31. The highest BCUT2D eigenvalue weighted by molar-refractivity contribution is 5.68. The fraction of sp³-hybridized carbons (Fsp3) is 0. The van der Waals surface area contributed by atoms with E-state index in [1.807, 2.05) is 60.7 Å². The van der Waals surface area contributed by atoms with Crippen LogP contribution in [0.3, 0.4) is 0 Å². The molecule has 0 radical (unpaired) electrons. The number of nitrogen functional groups attached to an aromatic ring is 2. The van der Waals surface area contributed by atoms with Crippen molar-refractivity contribution >= 4 is 11.6 Å². The van der Waals surface area contributed by atoms with Crippen molar-refractivity contribution in [2.24, 2.45) is 0 Å². The molecule has 0 aliphatic carbocycles. The van der Waals surface area contributed by atoms with Crippen LogP contribution in [0.4, 0.5) is 11.6 Å². The van der Waals surface area contributed by atoms with Crippen LogP contribution in [0.2, 0.25) is 0 Å². The van der Waals surface area contributed by atoms with Gasteiger partial charge in [-0.1, -0.05) is 36.4 Å². The summed E-state index contributed by atoms with van der Waals surface area (Å²) in [5, 5.41) is 25.7. The van der Waals surface area contributed by atoms with Gasteiger partial charge in [0.25, 0.3) is 0 Å². The van der Waals surface area contributed by atoms with Crippen molar-refractivity contribution in [2.45, 2.75) is 0 Å². The van der Waals surface area contributed by atoms with Gasteiger partial charge in [-0.2, -0.15) is 0 Å². The fourth-order valence-electron chi connectivity index (χ4n) is 3.33. The van der Waals surface area contributed by atoms with E-state index in [2.05, 4.69) is 30.6 Å². The Balaban J connectivity index is 1.73. The molecule has 0 aromatic heterocycles. The minimum Gasteiger partial charge on any atom is -0.380 e. The van der Waals surface area contributed by atoms with Crippen LogP contribution < -0.4 is 11.5 Å². The molecule has 0 saturated carbocycles. The summed E-state index contributed by atoms with van der Waals surface area (Å²) in [6.45, 7) is 0. The molecule has 0 unspecified atom stereocenters. The van der Waals surface area contributed by atoms with Crippen LogP contribution in [-0.2, 0) is 0 Å². The summed E-state index contributed by atoms with van der Waals surface area (Å²) in [6.07, 6.45) is 0. The molecule has 4 aliphatic rings. The molecule has 0 saturated heterocycles. The average molecular weight is 398 g/mol. The zero-order valence-electron chi connectivity index (χ0n) is 15.4. The third-order valence-electron chi connectivity index (χ3n) is 4.69. The molecule has 146 valence electrons. The van der Waals surface area contributed by atoms with Crippen molar-refractivity contribution < 1.29 is 0 Å². The van der Waals surface area contributed by atoms with E-state index in [0.717, 1.165) is 11.4 Å². The number of anilines is 2. The molecular formula is C18H14N12. The quantitative estimate of drug-likeness (QED) is 0.447. The van der Waals surface area contributed by atoms with Gasteiger partial charge < -0.3 is 11.5 Å². The summed E-state index contributed by atoms with van der Waals surface area (Å²) in [5.74, 6) is 1.32. The summed E-state index contributed by atoms with van der Waals surface area (Å²) in [6, 6.07) is 19.2. The standard InChI is InChI=1S/C18H14N12/c19-15-13-17(23-21-15)29(27(25-13)11-7-3-1-4-8-11)30-18-14(16(20)22-24-18)26-28(30)12-9-5-2-6-10-12/h1-10H,(H2,19,21)(H2,20,22). The Labute approximate surface area is 168 Å². The van der Waals surface area contributed by atoms with Gasteiger partial charge >= 0.3 is 0 Å². The van der Waals surface area contributed by atoms with E-state index in [0.29, 0.717) is 23.0 Å². The van der Waals surface area contributed by atoms with Gasteiger partial charge in [-0.05, 0) is 24.3 Å². The number of aromatic nitrogens is 10. The maximum atomic E-state index is 6.01. The van der Waals surface area contributed by atoms with Gasteiger partial charge in [-0.3, -0.25) is 0 Å². The van der Waals surface area contributed by atoms with Crippen molar-refractivity contribution in [3.05, 3.63) is 60.7 Å². The third kappa shape index (κ3) is 2.15. The van der Waals surface area contributed by atoms with Gasteiger partial charge in [0.05, 0.1) is 11.4 Å². The summed E-state index contributed by atoms with van der Waals surface area (Å²) in [5.41, 5.74) is 14.5. The van der Waals surface area contributed by atoms with E-state index in [-0.39, 0.29) is 11.6 Å². The van der Waals surface area contributed by atoms with Gasteiger partial charge in [0.1, 0.15) is 0 Å². The monoisotopic (exact) mass is 398 g/mol. The van der Waals surface area contributed by atoms with E-state index in [9.17, 15) is 0 Å². The topological polar surface area (TPSA) is 149 Å². The lowest BCUT2D eigenvalue weighted by Gasteiger charge is -2.15. The maximum Gasteiger partial charge on any atom is 0.227 e. The van der Waals surface area contributed by atoms with E-state index < -0.39 is 0 Å². The number of hydrogen-bond acceptors (Lipinski definition) is 8. The molecule has 2 aromatic rings. The van der Waals surface area contributed by atoms with Crippen LogP contribution >= 0.6 is 0 Å². The second kappa shape index (κ2) is 5.88. The highest BCUT2D eigenvalue weighted by atomic mass is 15.9. The Morgan fingerprint density at radius 3 is 1.33 bits per heavy atom. The van der Waals surface area contributed by atoms with E-state index in [1.54, 1.807) is 19.2 Å². The minimum atomic E-state index is 0.226. The molecular weight excluding hydrogens is 384 g/mol. The van der Waals surface area contributed by atoms with Crippen LogP contribution in [0.15, 0.2) is 60.7 Å². The Bertz CT molecular complexity index is 1290. The van der Waals surface area contributed by atoms with Crippen LogP contribution in [0.25, 0.3) is 34.4 Å². The molecule has 4 heterocycles. The lowest BCUT2D eigenvalue weighted by atomic mass is 10.3. The van der Waals surface area contributed by atoms with Crippen LogP contribution in [0.5, 0.6) is 0 Å². The second-order valence-corrected chi connectivity index (χ2v) is 6.54. The molecule has 0 atom stereocenters. The lowest BCUT2D eigenvalue weighted by molar-refractivity contribution is 0.388. The minimum absolute atomic E-state index is 0.226. The maximum absolute atomic E-state index is 6.01. The average Bonchev–Trinajstić information content (AvgIpc) is 3.52. The molecule has 12 nitrogen and oxygen atoms in total. The fourth-order valence-corrected chi connectivity index (χ4v) is 3.33. The number of nitrogens with zero attached hydrogens (tertiary/aromatic N) is 10. The molecule has 30 heavy (non-hydrogen) atoms. The van der Waals surface area contributed by atoms with Crippen molar-refractivity contribution in [3.63, 3.8) is 0 Å². The van der Waals surface area contributed by atoms with Crippen LogP contribution in [0, 0.1) is 0 Å². The number of para-hydroxylation sites is 2. The van der Waals surface area contributed by atoms with Crippen LogP contribution in [-0.4, -0.2) is 49.8 Å². The molecule has 0 bridgehead atoms. The smallest absolute Gasteiger partial charge is 0.227 e. The predicted molar refractivity (Wildman–Crippen MR) is 107 cm³/mol. The molecule has 6 rings (SSSR count). The molecule has 4 aliphatic heterocycles. The first-order valence-corrected chi connectivity index (χ1v) is 9.03. The zero-order valence-corrected chi connectivity index (χ0v) is 15.4. The normalized spacial score (nSPS) is 11.6. The molecule has 4 N–H and O–H groups in total. The van der Waals surface area contributed by atoms with Gasteiger partial charge in [0, 0.05) is 0 Å². The Morgan fingerprint density at radius 2 is 0.933 bits per heavy atom. The van der Waals surface area contributed by atoms with Crippen LogP contribution in [0.1, 0.15) is 0 Å². The van der Waals surface area contributed by atoms with Gasteiger partial charge in [0.2, 0.25) is 11.6 Å². The van der Waals surface area contributed by atoms with Crippen molar-refractivity contribution in [1.29, 1.82) is 0 Å². The third-order valence-corrected chi connectivity index (χ3v) is 4.69. The molecule has 12 heteroatoms. The van der Waals surface area contributed by atoms with Gasteiger partial charge in [0.15, 0.2) is 23.0 Å². The zero-order chi connectivity index (χ0) is 20.2. The predicted octanol–water partition coefficient (Wildman–Crippen LogP) is 0.926. The number of rotatable bonds is 3. The number of fused-ring (bicyclic) bond motifs is 2. The lowest BCUT2D eigenvalue weighted by Crippen LogP contribution is -2.27. The van der Waals surface area contributed by atoms with Gasteiger partial charge in [-0.15, -0.1) is 49.8 Å². The largest absolute Gasteiger partial charge is 0.380 e. The van der Waals surface area contributed by atoms with E-state index in [4.69, 9.17) is 11.5 Å². The van der Waals surface area contributed by atoms with E-state index in [1.165, 1.54) is 0 Å². The summed E-state index contributed by atoms with van der Waals surface area (Å²) in [4.78, 5) is 6.68. The van der Waals surface area contributed by atoms with E-state index >= 15 is 0 Å². The molecule has 0 spiro atoms. The number of nitrogens with two attached hydrogens (primary N) is 2. The summed E-state index contributed by atoms with van der Waals surface area (Å²) in [7, 11) is 0.